The Morgan fingerprint density at radius 1 is 1.35 bits per heavy atom. The zero-order valence-electron chi connectivity index (χ0n) is 9.37. The van der Waals surface area contributed by atoms with Crippen LogP contribution < -0.4 is 4.90 Å². The third kappa shape index (κ3) is 2.99. The van der Waals surface area contributed by atoms with E-state index in [9.17, 15) is 18.4 Å². The lowest BCUT2D eigenvalue weighted by atomic mass is 10.2. The second kappa shape index (κ2) is 5.38. The maximum absolute atomic E-state index is 13.3. The van der Waals surface area contributed by atoms with E-state index in [0.717, 1.165) is 17.0 Å². The van der Waals surface area contributed by atoms with Crippen LogP contribution in [0, 0.1) is 11.6 Å². The molecule has 0 saturated carbocycles. The van der Waals surface area contributed by atoms with Crippen LogP contribution in [0.5, 0.6) is 0 Å². The second-order valence-electron chi connectivity index (χ2n) is 3.18. The molecule has 0 fully saturated rings. The number of benzene rings is 1. The number of nitrogens with zero attached hydrogens (tertiary/aromatic N) is 1. The van der Waals surface area contributed by atoms with Crippen LogP contribution in [-0.2, 0) is 14.3 Å². The number of anilines is 1. The maximum Gasteiger partial charge on any atom is 0.397 e. The fourth-order valence-corrected chi connectivity index (χ4v) is 1.19. The molecule has 4 nitrogen and oxygen atoms in total. The average molecular weight is 243 g/mol. The standard InChI is InChI=1S/C11H11F2NO3/c1-3-17-11(16)10(15)14(2)9-5-4-7(12)6-8(9)13/h4-6H,3H2,1-2H3. The van der Waals surface area contributed by atoms with Crippen molar-refractivity contribution in [1.29, 1.82) is 0 Å². The summed E-state index contributed by atoms with van der Waals surface area (Å²) in [6, 6.07) is 2.69. The predicted octanol–water partition coefficient (Wildman–Crippen LogP) is 1.49. The van der Waals surface area contributed by atoms with E-state index in [1.807, 2.05) is 0 Å². The highest BCUT2D eigenvalue weighted by atomic mass is 19.1. The average Bonchev–Trinajstić information content (AvgIpc) is 2.27. The monoisotopic (exact) mass is 243 g/mol. The molecule has 0 heterocycles. The van der Waals surface area contributed by atoms with Gasteiger partial charge in [-0.3, -0.25) is 4.79 Å². The zero-order valence-corrected chi connectivity index (χ0v) is 9.37. The van der Waals surface area contributed by atoms with Crippen LogP contribution in [0.25, 0.3) is 0 Å². The molecule has 0 aliphatic heterocycles. The molecule has 0 bridgehead atoms. The van der Waals surface area contributed by atoms with Crippen molar-refractivity contribution in [1.82, 2.24) is 0 Å². The Morgan fingerprint density at radius 3 is 2.53 bits per heavy atom. The number of amides is 1. The molecule has 0 atom stereocenters. The van der Waals surface area contributed by atoms with E-state index in [-0.39, 0.29) is 12.3 Å². The Bertz CT molecular complexity index is 448. The van der Waals surface area contributed by atoms with Crippen molar-refractivity contribution < 1.29 is 23.1 Å². The normalized spacial score (nSPS) is 9.88. The lowest BCUT2D eigenvalue weighted by Crippen LogP contribution is -2.35. The molecule has 17 heavy (non-hydrogen) atoms. The van der Waals surface area contributed by atoms with E-state index in [2.05, 4.69) is 4.74 Å². The second-order valence-corrected chi connectivity index (χ2v) is 3.18. The fraction of sp³-hybridized carbons (Fsp3) is 0.273. The molecule has 0 spiro atoms. The number of halogens is 2. The molecule has 92 valence electrons. The summed E-state index contributed by atoms with van der Waals surface area (Å²) >= 11 is 0. The largest absolute Gasteiger partial charge is 0.459 e. The molecular formula is C11H11F2NO3. The first-order valence-corrected chi connectivity index (χ1v) is 4.87. The summed E-state index contributed by atoms with van der Waals surface area (Å²) in [5, 5.41) is 0. The van der Waals surface area contributed by atoms with E-state index >= 15 is 0 Å². The molecule has 0 saturated heterocycles. The fourth-order valence-electron chi connectivity index (χ4n) is 1.19. The summed E-state index contributed by atoms with van der Waals surface area (Å²) in [5.41, 5.74) is -0.190. The molecule has 1 aromatic rings. The SMILES string of the molecule is CCOC(=O)C(=O)N(C)c1ccc(F)cc1F. The van der Waals surface area contributed by atoms with Crippen LogP contribution in [0.4, 0.5) is 14.5 Å². The summed E-state index contributed by atoms with van der Waals surface area (Å²) < 4.78 is 30.5. The van der Waals surface area contributed by atoms with Crippen molar-refractivity contribution in [2.24, 2.45) is 0 Å². The first-order chi connectivity index (χ1) is 7.97. The van der Waals surface area contributed by atoms with Crippen LogP contribution in [0.15, 0.2) is 18.2 Å². The Hall–Kier alpha value is -1.98. The van der Waals surface area contributed by atoms with E-state index in [0.29, 0.717) is 6.07 Å². The van der Waals surface area contributed by atoms with Gasteiger partial charge in [-0.15, -0.1) is 0 Å². The number of rotatable bonds is 2. The zero-order chi connectivity index (χ0) is 13.0. The molecular weight excluding hydrogens is 232 g/mol. The summed E-state index contributed by atoms with van der Waals surface area (Å²) in [6.07, 6.45) is 0. The van der Waals surface area contributed by atoms with Gasteiger partial charge in [0.2, 0.25) is 0 Å². The summed E-state index contributed by atoms with van der Waals surface area (Å²) in [6.45, 7) is 1.59. The minimum Gasteiger partial charge on any atom is -0.459 e. The smallest absolute Gasteiger partial charge is 0.397 e. The van der Waals surface area contributed by atoms with Crippen LogP contribution in [0.3, 0.4) is 0 Å². The molecule has 0 N–H and O–H groups in total. The van der Waals surface area contributed by atoms with Gasteiger partial charge in [-0.1, -0.05) is 0 Å². The van der Waals surface area contributed by atoms with Gasteiger partial charge in [0, 0.05) is 13.1 Å². The topological polar surface area (TPSA) is 46.6 Å². The van der Waals surface area contributed by atoms with Crippen molar-refractivity contribution in [2.75, 3.05) is 18.6 Å². The number of esters is 1. The minimum atomic E-state index is -1.08. The Kier molecular flexibility index (Phi) is 4.14. The molecule has 0 aromatic heterocycles. The van der Waals surface area contributed by atoms with Gasteiger partial charge < -0.3 is 9.64 Å². The summed E-state index contributed by atoms with van der Waals surface area (Å²) in [5.74, 6) is -3.79. The van der Waals surface area contributed by atoms with Crippen LogP contribution in [0.1, 0.15) is 6.92 Å². The van der Waals surface area contributed by atoms with Crippen molar-refractivity contribution in [3.05, 3.63) is 29.8 Å². The third-order valence-corrected chi connectivity index (χ3v) is 2.03. The number of hydrogen-bond donors (Lipinski definition) is 0. The number of carbonyl (C=O) groups excluding carboxylic acids is 2. The van der Waals surface area contributed by atoms with Gasteiger partial charge in [-0.05, 0) is 19.1 Å². The van der Waals surface area contributed by atoms with Gasteiger partial charge in [0.1, 0.15) is 11.6 Å². The van der Waals surface area contributed by atoms with E-state index in [1.165, 1.54) is 7.05 Å². The third-order valence-electron chi connectivity index (χ3n) is 2.03. The van der Waals surface area contributed by atoms with Gasteiger partial charge in [-0.2, -0.15) is 0 Å². The van der Waals surface area contributed by atoms with Gasteiger partial charge in [0.15, 0.2) is 0 Å². The first-order valence-electron chi connectivity index (χ1n) is 4.87. The van der Waals surface area contributed by atoms with Crippen LogP contribution in [-0.4, -0.2) is 25.5 Å². The number of likely N-dealkylation sites (N-methyl/N-ethyl adjacent to an activating group) is 1. The number of carbonyl (C=O) groups is 2. The molecule has 1 amide bonds. The van der Waals surface area contributed by atoms with Crippen LogP contribution >= 0.6 is 0 Å². The van der Waals surface area contributed by atoms with E-state index < -0.39 is 23.5 Å². The van der Waals surface area contributed by atoms with E-state index in [1.54, 1.807) is 6.92 Å². The van der Waals surface area contributed by atoms with Gasteiger partial charge in [0.05, 0.1) is 12.3 Å². The molecule has 1 aromatic carbocycles. The summed E-state index contributed by atoms with van der Waals surface area (Å²) in [4.78, 5) is 23.4. The van der Waals surface area contributed by atoms with Gasteiger partial charge in [0.25, 0.3) is 0 Å². The first kappa shape index (κ1) is 13.1. The van der Waals surface area contributed by atoms with E-state index in [4.69, 9.17) is 0 Å². The Labute approximate surface area is 96.8 Å². The van der Waals surface area contributed by atoms with Crippen LogP contribution in [0.2, 0.25) is 0 Å². The lowest BCUT2D eigenvalue weighted by Gasteiger charge is -2.16. The van der Waals surface area contributed by atoms with Gasteiger partial charge >= 0.3 is 11.9 Å². The highest BCUT2D eigenvalue weighted by Gasteiger charge is 2.23. The maximum atomic E-state index is 13.3. The number of hydrogen-bond acceptors (Lipinski definition) is 3. The molecule has 0 aliphatic rings. The lowest BCUT2D eigenvalue weighted by molar-refractivity contribution is -0.153. The van der Waals surface area contributed by atoms with Crippen molar-refractivity contribution in [3.8, 4) is 0 Å². The molecule has 0 radical (unpaired) electrons. The molecule has 0 aliphatic carbocycles. The highest BCUT2D eigenvalue weighted by molar-refractivity contribution is 6.37. The van der Waals surface area contributed by atoms with Crippen molar-refractivity contribution >= 4 is 17.6 Å². The minimum absolute atomic E-state index is 0.0459. The highest BCUT2D eigenvalue weighted by Crippen LogP contribution is 2.19. The molecule has 6 heteroatoms. The quantitative estimate of drug-likeness (QED) is 0.584. The number of ether oxygens (including phenoxy) is 1. The summed E-state index contributed by atoms with van der Waals surface area (Å²) in [7, 11) is 1.20. The van der Waals surface area contributed by atoms with Gasteiger partial charge in [-0.25, -0.2) is 13.6 Å². The molecule has 1 rings (SSSR count). The predicted molar refractivity (Wildman–Crippen MR) is 56.4 cm³/mol. The molecule has 0 unspecified atom stereocenters. The van der Waals surface area contributed by atoms with Crippen molar-refractivity contribution in [2.45, 2.75) is 6.92 Å². The van der Waals surface area contributed by atoms with Crippen molar-refractivity contribution in [3.63, 3.8) is 0 Å². The Morgan fingerprint density at radius 2 is 2.00 bits per heavy atom. The Balaban J connectivity index is 2.92.